The van der Waals surface area contributed by atoms with E-state index in [2.05, 4.69) is 16.7 Å². The summed E-state index contributed by atoms with van der Waals surface area (Å²) in [6, 6.07) is 4.69. The Bertz CT molecular complexity index is 1730. The number of benzene rings is 1. The lowest BCUT2D eigenvalue weighted by Gasteiger charge is -2.51. The van der Waals surface area contributed by atoms with E-state index < -0.39 is 59.3 Å². The smallest absolute Gasteiger partial charge is 0.229 e. The van der Waals surface area contributed by atoms with Gasteiger partial charge >= 0.3 is 0 Å². The van der Waals surface area contributed by atoms with Gasteiger partial charge in [-0.05, 0) is 72.8 Å². The standard InChI is InChI=1S/C39H48N2O9S2/c42-18-28-33(45)39(48)19-37(12-4-5-13-37)24-11-14-40-30(17-24)41-21-52-51-20-38-26(15-23(16-29(38)43)22-7-2-1-3-8-22)32(44)25-9-6-10-27(31(25)34(38)46)49-36(50-28)35(39)47/h6,9-11,15-17,22,26,28,33,35-36,40-43,45,47-48H,1-5,7-8,12-14,18-21H2. The van der Waals surface area contributed by atoms with Crippen molar-refractivity contribution in [2.45, 2.75) is 94.4 Å². The van der Waals surface area contributed by atoms with Gasteiger partial charge in [-0.15, -0.1) is 0 Å². The first kappa shape index (κ1) is 36.2. The number of aliphatic hydroxyl groups excluding tert-OH is 4. The normalized spacial score (nSPS) is 36.4. The zero-order chi connectivity index (χ0) is 36.3. The Kier molecular flexibility index (Phi) is 9.84. The van der Waals surface area contributed by atoms with Gasteiger partial charge in [-0.2, -0.15) is 0 Å². The van der Waals surface area contributed by atoms with Crippen molar-refractivity contribution in [3.05, 3.63) is 76.4 Å². The Morgan fingerprint density at radius 2 is 1.75 bits per heavy atom. The molecular weight excluding hydrogens is 705 g/mol. The highest BCUT2D eigenvalue weighted by Crippen LogP contribution is 2.56. The van der Waals surface area contributed by atoms with Gasteiger partial charge in [-0.3, -0.25) is 9.59 Å². The highest BCUT2D eigenvalue weighted by Gasteiger charge is 2.61. The summed E-state index contributed by atoms with van der Waals surface area (Å²) in [7, 11) is 2.90. The maximum absolute atomic E-state index is 15.0. The number of allylic oxidation sites excluding steroid dienone is 6. The van der Waals surface area contributed by atoms with Gasteiger partial charge in [0, 0.05) is 17.9 Å². The summed E-state index contributed by atoms with van der Waals surface area (Å²) in [4.78, 5) is 29.6. The van der Waals surface area contributed by atoms with Crippen LogP contribution >= 0.6 is 21.6 Å². The first-order valence-electron chi connectivity index (χ1n) is 18.6. The minimum atomic E-state index is -2.17. The zero-order valence-corrected chi connectivity index (χ0v) is 30.7. The quantitative estimate of drug-likeness (QED) is 0.211. The highest BCUT2D eigenvalue weighted by atomic mass is 33.1. The van der Waals surface area contributed by atoms with Crippen LogP contribution in [0.2, 0.25) is 0 Å². The molecule has 4 aliphatic carbocycles. The minimum absolute atomic E-state index is 0.0221. The SMILES string of the molecule is O=C1c2cccc3c2C(=O)C2(CSSCNC4=CC(=CCN4)C4(CCCC4)CC4(O)C(O)C(CO)OC(O3)C4O)C(O)=CC(C3CCCCC3)=CC12. The van der Waals surface area contributed by atoms with Crippen molar-refractivity contribution in [3.63, 3.8) is 0 Å². The van der Waals surface area contributed by atoms with E-state index in [0.717, 1.165) is 74.8 Å². The lowest BCUT2D eigenvalue weighted by atomic mass is 9.59. The Morgan fingerprint density at radius 3 is 2.52 bits per heavy atom. The van der Waals surface area contributed by atoms with Crippen molar-refractivity contribution in [3.8, 4) is 5.75 Å². The predicted molar refractivity (Wildman–Crippen MR) is 197 cm³/mol. The summed E-state index contributed by atoms with van der Waals surface area (Å²) < 4.78 is 12.2. The van der Waals surface area contributed by atoms with Crippen LogP contribution in [0.15, 0.2) is 65.2 Å². The predicted octanol–water partition coefficient (Wildman–Crippen LogP) is 4.44. The molecule has 8 rings (SSSR count). The fraction of sp³-hybridized carbons (Fsp3) is 0.590. The maximum atomic E-state index is 15.0. The first-order chi connectivity index (χ1) is 25.1. The third kappa shape index (κ3) is 5.86. The van der Waals surface area contributed by atoms with E-state index in [9.17, 15) is 30.3 Å². The number of aliphatic hydroxyl groups is 5. The number of carbonyl (C=O) groups is 2. The second kappa shape index (κ2) is 14.1. The fourth-order valence-electron chi connectivity index (χ4n) is 9.85. The van der Waals surface area contributed by atoms with Gasteiger partial charge in [0.15, 0.2) is 11.6 Å². The van der Waals surface area contributed by atoms with Gasteiger partial charge in [0.2, 0.25) is 6.29 Å². The summed E-state index contributed by atoms with van der Waals surface area (Å²) in [5.41, 5.74) is -2.34. The maximum Gasteiger partial charge on any atom is 0.229 e. The number of rotatable bonds is 2. The molecule has 3 fully saturated rings. The van der Waals surface area contributed by atoms with E-state index in [-0.39, 0.29) is 46.5 Å². The summed E-state index contributed by atoms with van der Waals surface area (Å²) >= 11 is 0. The second-order valence-corrected chi connectivity index (χ2v) is 18.0. The molecule has 11 nitrogen and oxygen atoms in total. The number of hydrogen-bond donors (Lipinski definition) is 7. The summed E-state index contributed by atoms with van der Waals surface area (Å²) in [5.74, 6) is -0.345. The molecule has 0 aromatic heterocycles. The monoisotopic (exact) mass is 752 g/mol. The fourth-order valence-corrected chi connectivity index (χ4v) is 12.1. The average molecular weight is 753 g/mol. The van der Waals surface area contributed by atoms with E-state index in [1.54, 1.807) is 18.2 Å². The van der Waals surface area contributed by atoms with E-state index in [0.29, 0.717) is 12.4 Å². The van der Waals surface area contributed by atoms with Crippen molar-refractivity contribution in [1.82, 2.24) is 10.6 Å². The van der Waals surface area contributed by atoms with Crippen molar-refractivity contribution >= 4 is 33.2 Å². The molecule has 6 bridgehead atoms. The molecule has 0 amide bonds. The lowest BCUT2D eigenvalue weighted by molar-refractivity contribution is -0.319. The van der Waals surface area contributed by atoms with E-state index >= 15 is 4.79 Å². The Labute approximate surface area is 311 Å². The zero-order valence-electron chi connectivity index (χ0n) is 29.1. The van der Waals surface area contributed by atoms with Gasteiger partial charge in [-0.25, -0.2) is 0 Å². The number of dihydropyridines is 1. The van der Waals surface area contributed by atoms with Gasteiger partial charge in [0.25, 0.3) is 0 Å². The molecule has 2 saturated carbocycles. The first-order valence-corrected chi connectivity index (χ1v) is 21.1. The molecule has 13 heteroatoms. The number of fused-ring (bicyclic) bond motifs is 4. The number of ketones is 2. The average Bonchev–Trinajstić information content (AvgIpc) is 3.64. The third-order valence-corrected chi connectivity index (χ3v) is 14.9. The van der Waals surface area contributed by atoms with Gasteiger partial charge in [0.05, 0.1) is 29.8 Å². The second-order valence-electron chi connectivity index (χ2n) is 15.5. The molecule has 1 saturated heterocycles. The number of Topliss-reactive ketones (excluding diaryl/α,β-unsaturated/α-hetero) is 2. The lowest BCUT2D eigenvalue weighted by Crippen LogP contribution is -2.69. The largest absolute Gasteiger partial charge is 0.511 e. The topological polar surface area (TPSA) is 178 Å². The molecule has 52 heavy (non-hydrogen) atoms. The highest BCUT2D eigenvalue weighted by molar-refractivity contribution is 8.76. The van der Waals surface area contributed by atoms with Crippen LogP contribution in [0.4, 0.5) is 0 Å². The van der Waals surface area contributed by atoms with Crippen molar-refractivity contribution in [1.29, 1.82) is 0 Å². The van der Waals surface area contributed by atoms with Gasteiger partial charge < -0.3 is 45.6 Å². The van der Waals surface area contributed by atoms with Crippen molar-refractivity contribution in [2.24, 2.45) is 22.7 Å². The van der Waals surface area contributed by atoms with E-state index in [1.165, 1.54) is 27.7 Å². The minimum Gasteiger partial charge on any atom is -0.511 e. The van der Waals surface area contributed by atoms with E-state index in [4.69, 9.17) is 9.47 Å². The molecule has 7 unspecified atom stereocenters. The summed E-state index contributed by atoms with van der Waals surface area (Å²) in [6.45, 7) is -0.123. The molecule has 2 spiro atoms. The molecule has 3 aliphatic heterocycles. The molecule has 280 valence electrons. The molecule has 1 aromatic carbocycles. The van der Waals surface area contributed by atoms with Crippen LogP contribution in [0.25, 0.3) is 0 Å². The number of nitrogens with one attached hydrogen (secondary N) is 2. The number of ether oxygens (including phenoxy) is 2. The molecule has 1 aromatic rings. The molecule has 0 radical (unpaired) electrons. The van der Waals surface area contributed by atoms with Crippen molar-refractivity contribution in [2.75, 3.05) is 24.8 Å². The summed E-state index contributed by atoms with van der Waals surface area (Å²) in [6.07, 6.45) is 9.81. The molecular formula is C39H48N2O9S2. The third-order valence-electron chi connectivity index (χ3n) is 12.7. The van der Waals surface area contributed by atoms with Crippen LogP contribution in [0.3, 0.4) is 0 Å². The van der Waals surface area contributed by atoms with Crippen LogP contribution in [0, 0.1) is 22.7 Å². The van der Waals surface area contributed by atoms with Crippen LogP contribution in [-0.2, 0) is 4.74 Å². The Morgan fingerprint density at radius 1 is 0.962 bits per heavy atom. The molecule has 7 N–H and O–H groups in total. The molecule has 7 atom stereocenters. The van der Waals surface area contributed by atoms with Crippen LogP contribution < -0.4 is 15.4 Å². The van der Waals surface area contributed by atoms with Crippen LogP contribution in [0.1, 0.15) is 84.9 Å². The Balaban J connectivity index is 1.24. The number of hydrogen-bond acceptors (Lipinski definition) is 13. The van der Waals surface area contributed by atoms with E-state index in [1.807, 2.05) is 12.2 Å². The van der Waals surface area contributed by atoms with Gasteiger partial charge in [0.1, 0.15) is 40.8 Å². The van der Waals surface area contributed by atoms with Crippen molar-refractivity contribution < 1.29 is 44.6 Å². The Hall–Kier alpha value is -2.78. The molecule has 3 heterocycles. The number of carbonyl (C=O) groups excluding carboxylic acids is 2. The van der Waals surface area contributed by atoms with Gasteiger partial charge in [-0.1, -0.05) is 78.0 Å². The molecule has 7 aliphatic rings. The van der Waals surface area contributed by atoms with Crippen LogP contribution in [0.5, 0.6) is 5.75 Å². The summed E-state index contributed by atoms with van der Waals surface area (Å²) in [5, 5.41) is 65.0. The van der Waals surface area contributed by atoms with Crippen LogP contribution in [-0.4, -0.2) is 92.1 Å².